The Bertz CT molecular complexity index is 1160. The van der Waals surface area contributed by atoms with Crippen LogP contribution in [0, 0.1) is 0 Å². The molecule has 6 nitrogen and oxygen atoms in total. The van der Waals surface area contributed by atoms with Crippen molar-refractivity contribution in [1.82, 2.24) is 4.98 Å². The van der Waals surface area contributed by atoms with Gasteiger partial charge in [-0.1, -0.05) is 30.3 Å². The van der Waals surface area contributed by atoms with Gasteiger partial charge in [-0.05, 0) is 65.9 Å². The lowest BCUT2D eigenvalue weighted by Crippen LogP contribution is -2.28. The van der Waals surface area contributed by atoms with Crippen LogP contribution in [-0.4, -0.2) is 26.0 Å². The van der Waals surface area contributed by atoms with Gasteiger partial charge in [-0.15, -0.1) is 13.2 Å². The van der Waals surface area contributed by atoms with E-state index in [9.17, 15) is 26.7 Å². The van der Waals surface area contributed by atoms with Crippen LogP contribution in [0.1, 0.15) is 18.4 Å². The van der Waals surface area contributed by atoms with Gasteiger partial charge in [0, 0.05) is 10.5 Å². The van der Waals surface area contributed by atoms with Crippen LogP contribution in [0.15, 0.2) is 71.6 Å². The van der Waals surface area contributed by atoms with Crippen molar-refractivity contribution in [3.63, 3.8) is 0 Å². The van der Waals surface area contributed by atoms with Gasteiger partial charge in [-0.25, -0.2) is 4.98 Å². The second-order valence-corrected chi connectivity index (χ2v) is 8.22. The van der Waals surface area contributed by atoms with Gasteiger partial charge in [-0.3, -0.25) is 9.00 Å². The van der Waals surface area contributed by atoms with Crippen LogP contribution < -0.4 is 10.1 Å². The molecule has 2 aromatic carbocycles. The molecular formula is C22H16F3N2O4S-. The van der Waals surface area contributed by atoms with Crippen LogP contribution in [0.25, 0.3) is 11.3 Å². The molecule has 0 aliphatic heterocycles. The second kappa shape index (κ2) is 8.36. The molecule has 0 radical (unpaired) electrons. The number of pyridine rings is 1. The summed E-state index contributed by atoms with van der Waals surface area (Å²) in [4.78, 5) is 17.5. The van der Waals surface area contributed by atoms with Crippen LogP contribution >= 0.6 is 0 Å². The highest BCUT2D eigenvalue weighted by atomic mass is 32.2. The Morgan fingerprint density at radius 3 is 2.25 bits per heavy atom. The third kappa shape index (κ3) is 4.81. The van der Waals surface area contributed by atoms with Crippen molar-refractivity contribution in [2.75, 3.05) is 5.32 Å². The Kier molecular flexibility index (Phi) is 5.74. The number of anilines is 1. The van der Waals surface area contributed by atoms with E-state index in [1.807, 2.05) is 0 Å². The lowest BCUT2D eigenvalue weighted by molar-refractivity contribution is -0.274. The summed E-state index contributed by atoms with van der Waals surface area (Å²) in [6.45, 7) is 0. The number of nitrogens with zero attached hydrogens (tertiary/aromatic N) is 1. The fraction of sp³-hybridized carbons (Fsp3) is 0.182. The molecule has 1 heterocycles. The summed E-state index contributed by atoms with van der Waals surface area (Å²) in [7, 11) is 0. The standard InChI is InChI=1S/C22H17F3N2O4S/c23-22(24,25)31-16-8-6-15(7-9-16)21(12-13-21)20(28)27-19-3-1-2-18(26-19)14-4-10-17(11-5-14)32(29)30/h1-11H,12-13H2,(H,29,30)(H,26,27,28)/p-1. The molecule has 0 bridgehead atoms. The number of hydrogen-bond donors (Lipinski definition) is 1. The number of carbonyl (C=O) groups is 1. The molecule has 1 N–H and O–H groups in total. The van der Waals surface area contributed by atoms with Crippen molar-refractivity contribution in [3.8, 4) is 17.0 Å². The van der Waals surface area contributed by atoms with E-state index < -0.39 is 22.9 Å². The van der Waals surface area contributed by atoms with E-state index in [-0.39, 0.29) is 16.6 Å². The zero-order valence-electron chi connectivity index (χ0n) is 16.4. The molecule has 4 rings (SSSR count). The molecule has 1 aliphatic rings. The van der Waals surface area contributed by atoms with Gasteiger partial charge < -0.3 is 14.6 Å². The fourth-order valence-corrected chi connectivity index (χ4v) is 3.74. The minimum atomic E-state index is -4.78. The molecule has 3 aromatic rings. The molecule has 0 saturated heterocycles. The number of aromatic nitrogens is 1. The van der Waals surface area contributed by atoms with Crippen molar-refractivity contribution >= 4 is 22.8 Å². The van der Waals surface area contributed by atoms with E-state index in [1.54, 1.807) is 30.3 Å². The second-order valence-electron chi connectivity index (χ2n) is 7.28. The molecule has 10 heteroatoms. The average Bonchev–Trinajstić information content (AvgIpc) is 3.55. The van der Waals surface area contributed by atoms with E-state index >= 15 is 0 Å². The number of benzene rings is 2. The Hall–Kier alpha value is -3.24. The Labute approximate surface area is 183 Å². The van der Waals surface area contributed by atoms with Crippen LogP contribution in [0.2, 0.25) is 0 Å². The first kappa shape index (κ1) is 22.0. The topological polar surface area (TPSA) is 91.4 Å². The number of halogens is 3. The number of carbonyl (C=O) groups excluding carboxylic acids is 1. The summed E-state index contributed by atoms with van der Waals surface area (Å²) in [5.74, 6) is -0.338. The molecule has 0 spiro atoms. The highest BCUT2D eigenvalue weighted by Crippen LogP contribution is 2.49. The number of alkyl halides is 3. The predicted molar refractivity (Wildman–Crippen MR) is 110 cm³/mol. The van der Waals surface area contributed by atoms with E-state index in [0.29, 0.717) is 35.5 Å². The maximum atomic E-state index is 12.9. The van der Waals surface area contributed by atoms with Crippen molar-refractivity contribution in [2.24, 2.45) is 0 Å². The molecule has 1 unspecified atom stereocenters. The highest BCUT2D eigenvalue weighted by molar-refractivity contribution is 7.79. The van der Waals surface area contributed by atoms with Crippen molar-refractivity contribution in [2.45, 2.75) is 29.5 Å². The van der Waals surface area contributed by atoms with Crippen LogP contribution in [-0.2, 0) is 21.3 Å². The molecule has 32 heavy (non-hydrogen) atoms. The normalized spacial score (nSPS) is 15.6. The molecular weight excluding hydrogens is 445 g/mol. The number of ether oxygens (including phenoxy) is 1. The van der Waals surface area contributed by atoms with Gasteiger partial charge in [0.2, 0.25) is 5.91 Å². The summed E-state index contributed by atoms with van der Waals surface area (Å²) >= 11 is -2.32. The number of rotatable bonds is 6. The molecule has 1 atom stereocenters. The lowest BCUT2D eigenvalue weighted by atomic mass is 9.95. The predicted octanol–water partition coefficient (Wildman–Crippen LogP) is 4.56. The third-order valence-corrected chi connectivity index (χ3v) is 5.82. The molecule has 1 aromatic heterocycles. The zero-order chi connectivity index (χ0) is 22.9. The van der Waals surface area contributed by atoms with Gasteiger partial charge in [0.15, 0.2) is 0 Å². The monoisotopic (exact) mass is 461 g/mol. The minimum absolute atomic E-state index is 0.153. The van der Waals surface area contributed by atoms with Gasteiger partial charge in [0.1, 0.15) is 11.6 Å². The molecule has 1 saturated carbocycles. The first-order chi connectivity index (χ1) is 15.2. The summed E-state index contributed by atoms with van der Waals surface area (Å²) in [5, 5.41) is 2.78. The lowest BCUT2D eigenvalue weighted by Gasteiger charge is -2.17. The number of amides is 1. The van der Waals surface area contributed by atoms with E-state index in [1.165, 1.54) is 36.4 Å². The number of nitrogens with one attached hydrogen (secondary N) is 1. The maximum Gasteiger partial charge on any atom is 0.573 e. The molecule has 166 valence electrons. The summed E-state index contributed by atoms with van der Waals surface area (Å²) in [5.41, 5.74) is 0.997. The molecule has 1 amide bonds. The van der Waals surface area contributed by atoms with Crippen LogP contribution in [0.3, 0.4) is 0 Å². The first-order valence-corrected chi connectivity index (χ1v) is 10.6. The van der Waals surface area contributed by atoms with Gasteiger partial charge in [0.25, 0.3) is 0 Å². The summed E-state index contributed by atoms with van der Waals surface area (Å²) in [6.07, 6.45) is -3.66. The Balaban J connectivity index is 1.49. The molecule has 1 aliphatic carbocycles. The maximum absolute atomic E-state index is 12.9. The van der Waals surface area contributed by atoms with Crippen molar-refractivity contribution in [1.29, 1.82) is 0 Å². The van der Waals surface area contributed by atoms with Crippen LogP contribution in [0.4, 0.5) is 19.0 Å². The Morgan fingerprint density at radius 1 is 1.03 bits per heavy atom. The third-order valence-electron chi connectivity index (χ3n) is 5.16. The molecule has 1 fully saturated rings. The summed E-state index contributed by atoms with van der Waals surface area (Å²) < 4.78 is 62.9. The quantitative estimate of drug-likeness (QED) is 0.544. The first-order valence-electron chi connectivity index (χ1n) is 9.51. The fourth-order valence-electron chi connectivity index (χ4n) is 3.39. The van der Waals surface area contributed by atoms with Crippen molar-refractivity contribution < 1.29 is 31.5 Å². The SMILES string of the molecule is O=C(Nc1cccc(-c2ccc(S(=O)[O-])cc2)n1)C1(c2ccc(OC(F)(F)F)cc2)CC1. The minimum Gasteiger partial charge on any atom is -0.768 e. The number of hydrogen-bond acceptors (Lipinski definition) is 5. The smallest absolute Gasteiger partial charge is 0.573 e. The van der Waals surface area contributed by atoms with E-state index in [0.717, 1.165) is 0 Å². The largest absolute Gasteiger partial charge is 0.768 e. The zero-order valence-corrected chi connectivity index (χ0v) is 17.2. The van der Waals surface area contributed by atoms with Gasteiger partial charge in [0.05, 0.1) is 11.1 Å². The highest BCUT2D eigenvalue weighted by Gasteiger charge is 2.51. The Morgan fingerprint density at radius 2 is 1.69 bits per heavy atom. The van der Waals surface area contributed by atoms with E-state index in [2.05, 4.69) is 15.0 Å². The van der Waals surface area contributed by atoms with Crippen LogP contribution in [0.5, 0.6) is 5.75 Å². The van der Waals surface area contributed by atoms with E-state index in [4.69, 9.17) is 0 Å². The van der Waals surface area contributed by atoms with Crippen molar-refractivity contribution in [3.05, 3.63) is 72.3 Å². The average molecular weight is 461 g/mol. The summed E-state index contributed by atoms with van der Waals surface area (Å²) in [6, 6.07) is 16.5. The van der Waals surface area contributed by atoms with Gasteiger partial charge >= 0.3 is 6.36 Å². The van der Waals surface area contributed by atoms with Gasteiger partial charge in [-0.2, -0.15) is 0 Å².